The lowest BCUT2D eigenvalue weighted by atomic mass is 10.7. The van der Waals surface area contributed by atoms with E-state index < -0.39 is 0 Å². The number of halogens is 1. The Morgan fingerprint density at radius 3 is 2.60 bits per heavy atom. The van der Waals surface area contributed by atoms with E-state index in [1.165, 1.54) is 18.8 Å². The van der Waals surface area contributed by atoms with Gasteiger partial charge in [0.2, 0.25) is 5.95 Å². The van der Waals surface area contributed by atoms with Gasteiger partial charge >= 0.3 is 6.41 Å². The van der Waals surface area contributed by atoms with Gasteiger partial charge in [0.25, 0.3) is 0 Å². The predicted molar refractivity (Wildman–Crippen MR) is 36.4 cm³/mol. The molecule has 1 aromatic rings. The first-order chi connectivity index (χ1) is 4.83. The number of hydrogen-bond donors (Lipinski definition) is 1. The molecule has 51 valence electrons. The minimum absolute atomic E-state index is 0.194. The third kappa shape index (κ3) is 1.66. The van der Waals surface area contributed by atoms with Gasteiger partial charge in [-0.1, -0.05) is 11.6 Å². The summed E-state index contributed by atoms with van der Waals surface area (Å²) in [5.74, 6) is 0.194. The summed E-state index contributed by atoms with van der Waals surface area (Å²) in [5.41, 5.74) is 0. The Morgan fingerprint density at radius 2 is 2.10 bits per heavy atom. The topological polar surface area (TPSA) is 54.9 Å². The molecule has 5 heteroatoms. The van der Waals surface area contributed by atoms with Crippen LogP contribution in [-0.4, -0.2) is 16.4 Å². The molecule has 1 N–H and O–H groups in total. The number of carbonyl (C=O) groups excluding carboxylic acids is 1. The largest absolute Gasteiger partial charge is 0.316 e. The molecule has 1 radical (unpaired) electrons. The second-order valence-electron chi connectivity index (χ2n) is 1.45. The van der Waals surface area contributed by atoms with Gasteiger partial charge in [0.1, 0.15) is 0 Å². The molecule has 1 heterocycles. The van der Waals surface area contributed by atoms with Crippen molar-refractivity contribution in [2.75, 3.05) is 5.32 Å². The first-order valence-corrected chi connectivity index (χ1v) is 2.81. The lowest BCUT2D eigenvalue weighted by molar-refractivity contribution is 0.560. The Bertz CT molecular complexity index is 223. The monoisotopic (exact) mass is 156 g/mol. The maximum atomic E-state index is 9.71. The zero-order valence-corrected chi connectivity index (χ0v) is 5.59. The van der Waals surface area contributed by atoms with Crippen LogP contribution in [0.5, 0.6) is 0 Å². The standard InChI is InChI=1S/C5H3ClN3O/c6-4-1-7-5(8-2-4)9-3-10/h1-2H,(H,7,8,9,10). The second-order valence-corrected chi connectivity index (χ2v) is 1.89. The van der Waals surface area contributed by atoms with E-state index >= 15 is 0 Å². The van der Waals surface area contributed by atoms with Crippen molar-refractivity contribution >= 4 is 24.0 Å². The van der Waals surface area contributed by atoms with E-state index in [0.717, 1.165) is 0 Å². The molecule has 1 amide bonds. The minimum atomic E-state index is 0.194. The van der Waals surface area contributed by atoms with Gasteiger partial charge in [-0.05, 0) is 0 Å². The normalized spacial score (nSPS) is 8.90. The van der Waals surface area contributed by atoms with Crippen LogP contribution in [0.25, 0.3) is 0 Å². The molecule has 10 heavy (non-hydrogen) atoms. The predicted octanol–water partition coefficient (Wildman–Crippen LogP) is 0.609. The number of nitrogens with zero attached hydrogens (tertiary/aromatic N) is 2. The third-order valence-electron chi connectivity index (χ3n) is 0.783. The summed E-state index contributed by atoms with van der Waals surface area (Å²) in [6.07, 6.45) is 4.20. The third-order valence-corrected chi connectivity index (χ3v) is 0.978. The molecule has 0 saturated carbocycles. The fourth-order valence-electron chi connectivity index (χ4n) is 0.422. The van der Waals surface area contributed by atoms with Gasteiger partial charge in [-0.15, -0.1) is 0 Å². The fourth-order valence-corrected chi connectivity index (χ4v) is 0.520. The summed E-state index contributed by atoms with van der Waals surface area (Å²) in [6, 6.07) is 0. The van der Waals surface area contributed by atoms with Crippen molar-refractivity contribution in [3.05, 3.63) is 17.4 Å². The zero-order chi connectivity index (χ0) is 7.40. The summed E-state index contributed by atoms with van der Waals surface area (Å²) >= 11 is 5.46. The van der Waals surface area contributed by atoms with Crippen LogP contribution < -0.4 is 5.32 Å². The first-order valence-electron chi connectivity index (χ1n) is 2.43. The number of aromatic nitrogens is 2. The number of hydrogen-bond acceptors (Lipinski definition) is 3. The van der Waals surface area contributed by atoms with Crippen LogP contribution in [0.3, 0.4) is 0 Å². The maximum absolute atomic E-state index is 9.71. The highest BCUT2D eigenvalue weighted by atomic mass is 35.5. The van der Waals surface area contributed by atoms with Crippen LogP contribution in [0.15, 0.2) is 12.4 Å². The summed E-state index contributed by atoms with van der Waals surface area (Å²) in [5, 5.41) is 2.58. The van der Waals surface area contributed by atoms with Gasteiger partial charge in [-0.2, -0.15) is 0 Å². The highest BCUT2D eigenvalue weighted by molar-refractivity contribution is 6.30. The van der Waals surface area contributed by atoms with Crippen molar-refractivity contribution in [2.45, 2.75) is 0 Å². The number of amides is 1. The van der Waals surface area contributed by atoms with E-state index in [1.54, 1.807) is 0 Å². The molecule has 0 atom stereocenters. The molecule has 4 nitrogen and oxygen atoms in total. The van der Waals surface area contributed by atoms with E-state index in [9.17, 15) is 4.79 Å². The van der Waals surface area contributed by atoms with Gasteiger partial charge in [-0.3, -0.25) is 10.1 Å². The average molecular weight is 157 g/mol. The van der Waals surface area contributed by atoms with Crippen molar-refractivity contribution < 1.29 is 4.79 Å². The molecular formula is C5H3ClN3O. The van der Waals surface area contributed by atoms with E-state index in [0.29, 0.717) is 5.02 Å². The van der Waals surface area contributed by atoms with Gasteiger partial charge in [-0.25, -0.2) is 9.97 Å². The van der Waals surface area contributed by atoms with Crippen molar-refractivity contribution in [1.29, 1.82) is 0 Å². The second kappa shape index (κ2) is 3.12. The summed E-state index contributed by atoms with van der Waals surface area (Å²) in [4.78, 5) is 17.0. The quantitative estimate of drug-likeness (QED) is 0.639. The number of anilines is 1. The van der Waals surface area contributed by atoms with Crippen molar-refractivity contribution in [3.8, 4) is 0 Å². The Hall–Kier alpha value is -1.16. The van der Waals surface area contributed by atoms with Crippen LogP contribution in [-0.2, 0) is 4.79 Å². The highest BCUT2D eigenvalue weighted by Gasteiger charge is 1.91. The van der Waals surface area contributed by atoms with E-state index in [2.05, 4.69) is 15.3 Å². The molecule has 0 spiro atoms. The van der Waals surface area contributed by atoms with Crippen LogP contribution in [0.4, 0.5) is 5.95 Å². The molecule has 0 fully saturated rings. The average Bonchev–Trinajstić information content (AvgIpc) is 1.95. The number of nitrogens with one attached hydrogen (secondary N) is 1. The molecule has 0 unspecified atom stereocenters. The zero-order valence-electron chi connectivity index (χ0n) is 4.84. The van der Waals surface area contributed by atoms with Crippen LogP contribution in [0, 0.1) is 0 Å². The first kappa shape index (κ1) is 6.95. The van der Waals surface area contributed by atoms with Gasteiger partial charge in [0.15, 0.2) is 0 Å². The van der Waals surface area contributed by atoms with E-state index in [-0.39, 0.29) is 5.95 Å². The minimum Gasteiger partial charge on any atom is -0.286 e. The smallest absolute Gasteiger partial charge is 0.286 e. The van der Waals surface area contributed by atoms with Crippen LogP contribution >= 0.6 is 11.6 Å². The maximum Gasteiger partial charge on any atom is 0.316 e. The van der Waals surface area contributed by atoms with Crippen molar-refractivity contribution in [1.82, 2.24) is 9.97 Å². The molecule has 0 aliphatic heterocycles. The SMILES string of the molecule is O=[C]Nc1ncc(Cl)cn1. The molecule has 1 rings (SSSR count). The Labute approximate surface area is 62.3 Å². The van der Waals surface area contributed by atoms with Crippen LogP contribution in [0.1, 0.15) is 0 Å². The van der Waals surface area contributed by atoms with Crippen molar-refractivity contribution in [3.63, 3.8) is 0 Å². The fraction of sp³-hybridized carbons (Fsp3) is 0. The van der Waals surface area contributed by atoms with Crippen molar-refractivity contribution in [2.24, 2.45) is 0 Å². The summed E-state index contributed by atoms with van der Waals surface area (Å²) in [7, 11) is 0. The van der Waals surface area contributed by atoms with Gasteiger partial charge < -0.3 is 0 Å². The molecular weight excluding hydrogens is 154 g/mol. The highest BCUT2D eigenvalue weighted by Crippen LogP contribution is 2.04. The molecule has 0 aromatic carbocycles. The van der Waals surface area contributed by atoms with E-state index in [1.807, 2.05) is 0 Å². The summed E-state index contributed by atoms with van der Waals surface area (Å²) < 4.78 is 0. The Kier molecular flexibility index (Phi) is 2.17. The molecule has 1 aromatic heterocycles. The molecule has 0 aliphatic rings. The molecule has 0 bridgehead atoms. The molecule has 0 aliphatic carbocycles. The van der Waals surface area contributed by atoms with Gasteiger partial charge in [0.05, 0.1) is 17.4 Å². The Morgan fingerprint density at radius 1 is 1.50 bits per heavy atom. The Balaban J connectivity index is 2.78. The van der Waals surface area contributed by atoms with E-state index in [4.69, 9.17) is 11.6 Å². The summed E-state index contributed by atoms with van der Waals surface area (Å²) in [6.45, 7) is 0. The van der Waals surface area contributed by atoms with Gasteiger partial charge in [0, 0.05) is 0 Å². The molecule has 0 saturated heterocycles. The lowest BCUT2D eigenvalue weighted by Gasteiger charge is -1.92. The lowest BCUT2D eigenvalue weighted by Crippen LogP contribution is -1.98. The number of rotatable bonds is 2. The van der Waals surface area contributed by atoms with Crippen LogP contribution in [0.2, 0.25) is 5.02 Å².